The van der Waals surface area contributed by atoms with E-state index in [9.17, 15) is 4.79 Å². The Balaban J connectivity index is 1.40. The van der Waals surface area contributed by atoms with Gasteiger partial charge >= 0.3 is 0 Å². The zero-order valence-electron chi connectivity index (χ0n) is 19.7. The second-order valence-corrected chi connectivity index (χ2v) is 9.12. The number of unbranched alkanes of at least 4 members (excludes halogenated alkanes) is 1. The van der Waals surface area contributed by atoms with Gasteiger partial charge in [0.1, 0.15) is 11.6 Å². The van der Waals surface area contributed by atoms with Crippen LogP contribution in [0.3, 0.4) is 0 Å². The Morgan fingerprint density at radius 3 is 2.78 bits per heavy atom. The molecule has 0 aliphatic carbocycles. The van der Waals surface area contributed by atoms with E-state index in [4.69, 9.17) is 9.72 Å². The minimum Gasteiger partial charge on any atom is -0.497 e. The number of hydrogen-bond acceptors (Lipinski definition) is 7. The number of aromatic nitrogens is 2. The van der Waals surface area contributed by atoms with Crippen LogP contribution in [0.1, 0.15) is 50.9 Å². The maximum Gasteiger partial charge on any atom is 0.223 e. The molecule has 3 rings (SSSR count). The van der Waals surface area contributed by atoms with Crippen LogP contribution in [0.4, 0.5) is 5.13 Å². The molecule has 7 nitrogen and oxygen atoms in total. The van der Waals surface area contributed by atoms with E-state index in [1.54, 1.807) is 7.11 Å². The SMILES string of the molecule is CCCCC(CC)C(=O)NCCN1CCN(c2nc(Cc3cccc(OC)c3)ns2)CC1. The molecular weight excluding hydrogens is 422 g/mol. The molecule has 176 valence electrons. The summed E-state index contributed by atoms with van der Waals surface area (Å²) in [7, 11) is 1.68. The molecule has 1 aliphatic heterocycles. The fraction of sp³-hybridized carbons (Fsp3) is 0.625. The van der Waals surface area contributed by atoms with Crippen molar-refractivity contribution in [3.63, 3.8) is 0 Å². The van der Waals surface area contributed by atoms with E-state index in [0.717, 1.165) is 87.2 Å². The minimum absolute atomic E-state index is 0.162. The van der Waals surface area contributed by atoms with Gasteiger partial charge in [-0.3, -0.25) is 9.69 Å². The van der Waals surface area contributed by atoms with Crippen molar-refractivity contribution in [2.24, 2.45) is 5.92 Å². The van der Waals surface area contributed by atoms with Crippen LogP contribution in [0.25, 0.3) is 0 Å². The first-order valence-electron chi connectivity index (χ1n) is 11.8. The van der Waals surface area contributed by atoms with Gasteiger partial charge in [-0.05, 0) is 30.5 Å². The lowest BCUT2D eigenvalue weighted by Crippen LogP contribution is -2.48. The second kappa shape index (κ2) is 12.7. The first-order valence-corrected chi connectivity index (χ1v) is 12.6. The Bertz CT molecular complexity index is 835. The number of hydrogen-bond donors (Lipinski definition) is 1. The molecule has 1 aromatic heterocycles. The molecule has 1 unspecified atom stereocenters. The lowest BCUT2D eigenvalue weighted by molar-refractivity contribution is -0.125. The first kappa shape index (κ1) is 24.5. The number of carbonyl (C=O) groups excluding carboxylic acids is 1. The average Bonchev–Trinajstić information content (AvgIpc) is 3.28. The van der Waals surface area contributed by atoms with E-state index < -0.39 is 0 Å². The van der Waals surface area contributed by atoms with Gasteiger partial charge < -0.3 is 15.0 Å². The minimum atomic E-state index is 0.162. The molecular formula is C24H37N5O2S. The molecule has 0 spiro atoms. The van der Waals surface area contributed by atoms with Crippen LogP contribution in [0.5, 0.6) is 5.75 Å². The highest BCUT2D eigenvalue weighted by molar-refractivity contribution is 7.09. The summed E-state index contributed by atoms with van der Waals surface area (Å²) in [6.45, 7) is 9.75. The van der Waals surface area contributed by atoms with Crippen molar-refractivity contribution in [2.75, 3.05) is 51.3 Å². The third kappa shape index (κ3) is 7.17. The topological polar surface area (TPSA) is 70.6 Å². The largest absolute Gasteiger partial charge is 0.497 e. The Morgan fingerprint density at radius 2 is 2.06 bits per heavy atom. The molecule has 0 radical (unpaired) electrons. The fourth-order valence-corrected chi connectivity index (χ4v) is 4.76. The van der Waals surface area contributed by atoms with Crippen molar-refractivity contribution in [2.45, 2.75) is 46.0 Å². The summed E-state index contributed by atoms with van der Waals surface area (Å²) in [5.74, 6) is 2.10. The smallest absolute Gasteiger partial charge is 0.223 e. The zero-order valence-corrected chi connectivity index (χ0v) is 20.5. The summed E-state index contributed by atoms with van der Waals surface area (Å²) < 4.78 is 9.87. The number of rotatable bonds is 12. The van der Waals surface area contributed by atoms with Gasteiger partial charge in [0.05, 0.1) is 7.11 Å². The van der Waals surface area contributed by atoms with E-state index in [1.165, 1.54) is 11.5 Å². The van der Waals surface area contributed by atoms with Gasteiger partial charge in [0.25, 0.3) is 0 Å². The van der Waals surface area contributed by atoms with Gasteiger partial charge in [-0.15, -0.1) is 0 Å². The van der Waals surface area contributed by atoms with Crippen molar-refractivity contribution >= 4 is 22.6 Å². The molecule has 1 aromatic carbocycles. The zero-order chi connectivity index (χ0) is 22.8. The fourth-order valence-electron chi connectivity index (χ4n) is 4.03. The number of anilines is 1. The molecule has 1 aliphatic rings. The van der Waals surface area contributed by atoms with Crippen molar-refractivity contribution in [3.05, 3.63) is 35.7 Å². The van der Waals surface area contributed by atoms with E-state index >= 15 is 0 Å². The maximum atomic E-state index is 12.4. The predicted octanol–water partition coefficient (Wildman–Crippen LogP) is 3.59. The summed E-state index contributed by atoms with van der Waals surface area (Å²) in [5.41, 5.74) is 1.15. The highest BCUT2D eigenvalue weighted by Crippen LogP contribution is 2.21. The van der Waals surface area contributed by atoms with Crippen LogP contribution in [-0.2, 0) is 11.2 Å². The molecule has 2 heterocycles. The van der Waals surface area contributed by atoms with Gasteiger partial charge in [0, 0.05) is 63.1 Å². The lowest BCUT2D eigenvalue weighted by atomic mass is 9.98. The molecule has 1 atom stereocenters. The highest BCUT2D eigenvalue weighted by atomic mass is 32.1. The number of nitrogens with one attached hydrogen (secondary N) is 1. The van der Waals surface area contributed by atoms with E-state index in [-0.39, 0.29) is 11.8 Å². The second-order valence-electron chi connectivity index (χ2n) is 8.39. The molecule has 8 heteroatoms. The normalized spacial score (nSPS) is 15.5. The summed E-state index contributed by atoms with van der Waals surface area (Å²) in [6.07, 6.45) is 4.90. The van der Waals surface area contributed by atoms with Gasteiger partial charge in [0.15, 0.2) is 0 Å². The third-order valence-electron chi connectivity index (χ3n) is 6.09. The molecule has 1 saturated heterocycles. The number of amides is 1. The van der Waals surface area contributed by atoms with Crippen LogP contribution in [0, 0.1) is 5.92 Å². The number of piperazine rings is 1. The van der Waals surface area contributed by atoms with Crippen molar-refractivity contribution in [3.8, 4) is 5.75 Å². The van der Waals surface area contributed by atoms with Gasteiger partial charge in [-0.25, -0.2) is 4.98 Å². The molecule has 1 amide bonds. The average molecular weight is 460 g/mol. The summed E-state index contributed by atoms with van der Waals surface area (Å²) >= 11 is 1.48. The van der Waals surface area contributed by atoms with Gasteiger partial charge in [-0.1, -0.05) is 38.8 Å². The standard InChI is InChI=1S/C24H37N5O2S/c1-4-6-9-20(5-2)23(30)25-11-12-28-13-15-29(16-14-28)24-26-22(27-32-24)18-19-8-7-10-21(17-19)31-3/h7-8,10,17,20H,4-6,9,11-16,18H2,1-3H3,(H,25,30). The number of nitrogens with zero attached hydrogens (tertiary/aromatic N) is 4. The summed E-state index contributed by atoms with van der Waals surface area (Å²) in [5, 5.41) is 4.14. The number of carbonyl (C=O) groups is 1. The van der Waals surface area contributed by atoms with E-state index in [2.05, 4.69) is 39.4 Å². The molecule has 32 heavy (non-hydrogen) atoms. The third-order valence-corrected chi connectivity index (χ3v) is 6.91. The number of benzene rings is 1. The molecule has 0 saturated carbocycles. The van der Waals surface area contributed by atoms with Crippen LogP contribution in [0.15, 0.2) is 24.3 Å². The Labute approximate surface area is 196 Å². The van der Waals surface area contributed by atoms with Crippen molar-refractivity contribution < 1.29 is 9.53 Å². The van der Waals surface area contributed by atoms with E-state index in [1.807, 2.05) is 18.2 Å². The highest BCUT2D eigenvalue weighted by Gasteiger charge is 2.21. The Morgan fingerprint density at radius 1 is 1.25 bits per heavy atom. The van der Waals surface area contributed by atoms with Crippen LogP contribution in [-0.4, -0.2) is 66.5 Å². The number of methoxy groups -OCH3 is 1. The lowest BCUT2D eigenvalue weighted by Gasteiger charge is -2.34. The van der Waals surface area contributed by atoms with Crippen molar-refractivity contribution in [1.82, 2.24) is 19.6 Å². The Hall–Kier alpha value is -2.19. The van der Waals surface area contributed by atoms with Crippen LogP contribution < -0.4 is 15.0 Å². The number of ether oxygens (including phenoxy) is 1. The van der Waals surface area contributed by atoms with Crippen LogP contribution >= 0.6 is 11.5 Å². The molecule has 2 aromatic rings. The monoisotopic (exact) mass is 459 g/mol. The van der Waals surface area contributed by atoms with Gasteiger partial charge in [0.2, 0.25) is 11.0 Å². The van der Waals surface area contributed by atoms with Crippen molar-refractivity contribution in [1.29, 1.82) is 0 Å². The maximum absolute atomic E-state index is 12.4. The summed E-state index contributed by atoms with van der Waals surface area (Å²) in [4.78, 5) is 21.9. The predicted molar refractivity (Wildman–Crippen MR) is 131 cm³/mol. The molecule has 1 N–H and O–H groups in total. The molecule has 1 fully saturated rings. The molecule has 0 bridgehead atoms. The van der Waals surface area contributed by atoms with Crippen LogP contribution in [0.2, 0.25) is 0 Å². The van der Waals surface area contributed by atoms with E-state index in [0.29, 0.717) is 6.42 Å². The Kier molecular flexibility index (Phi) is 9.74. The first-order chi connectivity index (χ1) is 15.6. The summed E-state index contributed by atoms with van der Waals surface area (Å²) in [6, 6.07) is 8.05. The quantitative estimate of drug-likeness (QED) is 0.523. The van der Waals surface area contributed by atoms with Gasteiger partial charge in [-0.2, -0.15) is 4.37 Å².